The molecule has 21 heavy (non-hydrogen) atoms. The summed E-state index contributed by atoms with van der Waals surface area (Å²) < 4.78 is 0. The number of rotatable bonds is 4. The van der Waals surface area contributed by atoms with E-state index < -0.39 is 0 Å². The highest BCUT2D eigenvalue weighted by Gasteiger charge is 2.31. The Morgan fingerprint density at radius 3 is 2.67 bits per heavy atom. The van der Waals surface area contributed by atoms with E-state index in [9.17, 15) is 4.79 Å². The van der Waals surface area contributed by atoms with E-state index in [0.29, 0.717) is 13.1 Å². The van der Waals surface area contributed by atoms with Gasteiger partial charge in [0.2, 0.25) is 0 Å². The highest BCUT2D eigenvalue weighted by molar-refractivity contribution is 7.98. The largest absolute Gasteiger partial charge is 0.364 e. The van der Waals surface area contributed by atoms with Crippen molar-refractivity contribution in [2.75, 3.05) is 24.7 Å². The lowest BCUT2D eigenvalue weighted by Gasteiger charge is -2.39. The summed E-state index contributed by atoms with van der Waals surface area (Å²) in [7, 11) is 0. The van der Waals surface area contributed by atoms with Gasteiger partial charge >= 0.3 is 0 Å². The molecule has 1 amide bonds. The Morgan fingerprint density at radius 2 is 2.05 bits per heavy atom. The third kappa shape index (κ3) is 3.16. The van der Waals surface area contributed by atoms with Crippen molar-refractivity contribution in [3.63, 3.8) is 0 Å². The van der Waals surface area contributed by atoms with Crippen LogP contribution in [-0.4, -0.2) is 46.2 Å². The number of benzene rings is 1. The van der Waals surface area contributed by atoms with Gasteiger partial charge in [-0.05, 0) is 36.6 Å². The number of thioether (sulfide) groups is 1. The third-order valence-electron chi connectivity index (χ3n) is 3.44. The molecule has 1 aliphatic rings. The van der Waals surface area contributed by atoms with Crippen LogP contribution in [0.1, 0.15) is 10.4 Å². The van der Waals surface area contributed by atoms with Crippen molar-refractivity contribution in [1.82, 2.24) is 14.9 Å². The van der Waals surface area contributed by atoms with Gasteiger partial charge in [0, 0.05) is 29.7 Å². The van der Waals surface area contributed by atoms with Crippen molar-refractivity contribution >= 4 is 23.5 Å². The summed E-state index contributed by atoms with van der Waals surface area (Å²) in [6.07, 6.45) is 5.23. The first kappa shape index (κ1) is 13.9. The molecule has 5 nitrogen and oxygen atoms in total. The number of anilines is 1. The molecule has 0 atom stereocenters. The van der Waals surface area contributed by atoms with Crippen LogP contribution in [0, 0.1) is 0 Å². The molecule has 3 rings (SSSR count). The average molecular weight is 300 g/mol. The minimum atomic E-state index is 0.0865. The maximum absolute atomic E-state index is 12.3. The molecule has 0 radical (unpaired) electrons. The number of likely N-dealkylation sites (tertiary alicyclic amines) is 1. The Morgan fingerprint density at radius 1 is 1.29 bits per heavy atom. The second kappa shape index (κ2) is 6.13. The number of carbonyl (C=O) groups excluding carboxylic acids is 1. The minimum Gasteiger partial charge on any atom is -0.364 e. The van der Waals surface area contributed by atoms with Crippen LogP contribution in [0.2, 0.25) is 0 Å². The van der Waals surface area contributed by atoms with Gasteiger partial charge in [-0.3, -0.25) is 4.79 Å². The maximum atomic E-state index is 12.3. The first-order valence-corrected chi connectivity index (χ1v) is 7.94. The van der Waals surface area contributed by atoms with Crippen molar-refractivity contribution in [3.05, 3.63) is 48.4 Å². The summed E-state index contributed by atoms with van der Waals surface area (Å²) in [5.74, 6) is 0.884. The average Bonchev–Trinajstić information content (AvgIpc) is 2.51. The van der Waals surface area contributed by atoms with Gasteiger partial charge in [-0.2, -0.15) is 0 Å². The number of nitrogens with one attached hydrogen (secondary N) is 1. The summed E-state index contributed by atoms with van der Waals surface area (Å²) >= 11 is 1.67. The van der Waals surface area contributed by atoms with Gasteiger partial charge in [-0.15, -0.1) is 11.8 Å². The van der Waals surface area contributed by atoms with E-state index in [4.69, 9.17) is 0 Å². The monoisotopic (exact) mass is 300 g/mol. The van der Waals surface area contributed by atoms with Crippen molar-refractivity contribution < 1.29 is 4.79 Å². The second-order valence-electron chi connectivity index (χ2n) is 4.87. The number of hydrogen-bond acceptors (Lipinski definition) is 5. The Balaban J connectivity index is 1.54. The molecule has 0 unspecified atom stereocenters. The molecule has 1 N–H and O–H groups in total. The van der Waals surface area contributed by atoms with E-state index in [1.54, 1.807) is 18.0 Å². The Kier molecular flexibility index (Phi) is 4.06. The van der Waals surface area contributed by atoms with Crippen LogP contribution < -0.4 is 5.32 Å². The van der Waals surface area contributed by atoms with Gasteiger partial charge in [0.25, 0.3) is 5.91 Å². The number of aromatic nitrogens is 2. The Bertz CT molecular complexity index is 611. The van der Waals surface area contributed by atoms with Crippen molar-refractivity contribution in [1.29, 1.82) is 0 Å². The van der Waals surface area contributed by atoms with E-state index in [-0.39, 0.29) is 11.9 Å². The first-order chi connectivity index (χ1) is 10.3. The zero-order valence-corrected chi connectivity index (χ0v) is 12.5. The number of carbonyl (C=O) groups is 1. The van der Waals surface area contributed by atoms with Crippen LogP contribution in [0.5, 0.6) is 0 Å². The normalized spacial score (nSPS) is 14.6. The molecular formula is C15H16N4OS. The number of hydrogen-bond donors (Lipinski definition) is 1. The van der Waals surface area contributed by atoms with Crippen LogP contribution in [0.15, 0.2) is 47.8 Å². The molecule has 1 aromatic heterocycles. The van der Waals surface area contributed by atoms with Gasteiger partial charge in [0.1, 0.15) is 12.1 Å². The lowest BCUT2D eigenvalue weighted by atomic mass is 10.1. The zero-order chi connectivity index (χ0) is 14.7. The smallest absolute Gasteiger partial charge is 0.253 e. The van der Waals surface area contributed by atoms with Gasteiger partial charge < -0.3 is 10.2 Å². The van der Waals surface area contributed by atoms with Crippen LogP contribution in [-0.2, 0) is 0 Å². The topological polar surface area (TPSA) is 58.1 Å². The van der Waals surface area contributed by atoms with Gasteiger partial charge in [0.15, 0.2) is 0 Å². The molecule has 1 aromatic carbocycles. The lowest BCUT2D eigenvalue weighted by molar-refractivity contribution is 0.0625. The summed E-state index contributed by atoms with van der Waals surface area (Å²) in [5, 5.41) is 3.28. The number of amides is 1. The second-order valence-corrected chi connectivity index (χ2v) is 5.75. The fourth-order valence-electron chi connectivity index (χ4n) is 2.24. The summed E-state index contributed by atoms with van der Waals surface area (Å²) in [4.78, 5) is 23.3. The molecule has 1 fully saturated rings. The van der Waals surface area contributed by atoms with Crippen molar-refractivity contribution in [2.45, 2.75) is 10.9 Å². The van der Waals surface area contributed by atoms with Crippen molar-refractivity contribution in [3.8, 4) is 0 Å². The summed E-state index contributed by atoms with van der Waals surface area (Å²) in [6, 6.07) is 9.82. The van der Waals surface area contributed by atoms with Crippen LogP contribution in [0.4, 0.5) is 5.82 Å². The van der Waals surface area contributed by atoms with E-state index in [1.807, 2.05) is 41.5 Å². The third-order valence-corrected chi connectivity index (χ3v) is 4.18. The van der Waals surface area contributed by atoms with Crippen LogP contribution >= 0.6 is 11.8 Å². The molecule has 0 spiro atoms. The molecule has 0 aliphatic carbocycles. The Labute approximate surface area is 127 Å². The molecule has 1 saturated heterocycles. The fourth-order valence-corrected chi connectivity index (χ4v) is 2.65. The molecule has 1 aliphatic heterocycles. The quantitative estimate of drug-likeness (QED) is 0.877. The van der Waals surface area contributed by atoms with Gasteiger partial charge in [-0.25, -0.2) is 9.97 Å². The molecule has 2 heterocycles. The molecule has 2 aromatic rings. The molecule has 6 heteroatoms. The molecule has 0 bridgehead atoms. The van der Waals surface area contributed by atoms with Crippen LogP contribution in [0.3, 0.4) is 0 Å². The predicted molar refractivity (Wildman–Crippen MR) is 83.6 cm³/mol. The first-order valence-electron chi connectivity index (χ1n) is 6.72. The van der Waals surface area contributed by atoms with Crippen molar-refractivity contribution in [2.24, 2.45) is 0 Å². The Hall–Kier alpha value is -2.08. The fraction of sp³-hybridized carbons (Fsp3) is 0.267. The minimum absolute atomic E-state index is 0.0865. The van der Waals surface area contributed by atoms with E-state index in [0.717, 1.165) is 11.4 Å². The highest BCUT2D eigenvalue weighted by atomic mass is 32.2. The maximum Gasteiger partial charge on any atom is 0.253 e. The van der Waals surface area contributed by atoms with Gasteiger partial charge in [0.05, 0.1) is 6.04 Å². The zero-order valence-electron chi connectivity index (χ0n) is 11.7. The summed E-state index contributed by atoms with van der Waals surface area (Å²) in [5.41, 5.74) is 0.744. The van der Waals surface area contributed by atoms with E-state index in [1.165, 1.54) is 11.2 Å². The highest BCUT2D eigenvalue weighted by Crippen LogP contribution is 2.19. The molecule has 0 saturated carbocycles. The molecular weight excluding hydrogens is 284 g/mol. The van der Waals surface area contributed by atoms with Crippen LogP contribution in [0.25, 0.3) is 0 Å². The number of nitrogens with zero attached hydrogens (tertiary/aromatic N) is 3. The predicted octanol–water partition coefficient (Wildman–Crippen LogP) is 2.13. The van der Waals surface area contributed by atoms with E-state index in [2.05, 4.69) is 15.3 Å². The summed E-state index contributed by atoms with van der Waals surface area (Å²) in [6.45, 7) is 1.40. The molecule has 108 valence electrons. The SMILES string of the molecule is CSc1ccc(C(=O)N2CC(Nc3ccncn3)C2)cc1. The lowest BCUT2D eigenvalue weighted by Crippen LogP contribution is -2.57. The van der Waals surface area contributed by atoms with E-state index >= 15 is 0 Å². The van der Waals surface area contributed by atoms with Gasteiger partial charge in [-0.1, -0.05) is 0 Å². The standard InChI is InChI=1S/C15H16N4OS/c1-21-13-4-2-11(3-5-13)15(20)19-8-12(9-19)18-14-6-7-16-10-17-14/h2-7,10,12H,8-9H2,1H3,(H,16,17,18).